The van der Waals surface area contributed by atoms with Gasteiger partial charge in [-0.05, 0) is 38.0 Å². The van der Waals surface area contributed by atoms with Crippen LogP contribution in [0.2, 0.25) is 5.02 Å². The van der Waals surface area contributed by atoms with E-state index in [-0.39, 0.29) is 28.4 Å². The van der Waals surface area contributed by atoms with Gasteiger partial charge in [0, 0.05) is 43.1 Å². The van der Waals surface area contributed by atoms with Crippen molar-refractivity contribution < 1.29 is 13.5 Å². The largest absolute Gasteiger partial charge is 0.373 e. The molecule has 170 valence electrons. The minimum absolute atomic E-state index is 0.00102. The first kappa shape index (κ1) is 21.7. The number of fused-ring (bicyclic) bond motifs is 1. The van der Waals surface area contributed by atoms with Crippen LogP contribution in [0.1, 0.15) is 41.8 Å². The van der Waals surface area contributed by atoms with E-state index in [1.807, 2.05) is 13.2 Å². The molecule has 1 fully saturated rings. The van der Waals surface area contributed by atoms with E-state index in [2.05, 4.69) is 10.1 Å². The van der Waals surface area contributed by atoms with Gasteiger partial charge in [0.25, 0.3) is 5.56 Å². The summed E-state index contributed by atoms with van der Waals surface area (Å²) < 4.78 is 36.6. The monoisotopic (exact) mass is 471 g/mol. The van der Waals surface area contributed by atoms with Crippen molar-refractivity contribution in [2.75, 3.05) is 6.61 Å². The lowest BCUT2D eigenvalue weighted by molar-refractivity contribution is 0.00455. The number of aromatic nitrogens is 5. The zero-order chi connectivity index (χ0) is 23.3. The lowest BCUT2D eigenvalue weighted by Gasteiger charge is -2.29. The number of hydrogen-bond acceptors (Lipinski definition) is 5. The highest BCUT2D eigenvalue weighted by Gasteiger charge is 2.28. The quantitative estimate of drug-likeness (QED) is 0.443. The van der Waals surface area contributed by atoms with Crippen molar-refractivity contribution in [3.8, 4) is 11.3 Å². The number of benzene rings is 1. The van der Waals surface area contributed by atoms with E-state index in [0.717, 1.165) is 17.7 Å². The summed E-state index contributed by atoms with van der Waals surface area (Å²) >= 11 is 6.19. The van der Waals surface area contributed by atoms with Crippen LogP contribution in [-0.4, -0.2) is 30.8 Å². The zero-order valence-corrected chi connectivity index (χ0v) is 18.7. The maximum absolute atomic E-state index is 14.0. The summed E-state index contributed by atoms with van der Waals surface area (Å²) in [7, 11) is 1.84. The average Bonchev–Trinajstić information content (AvgIpc) is 3.25. The van der Waals surface area contributed by atoms with Gasteiger partial charge in [0.2, 0.25) is 0 Å². The van der Waals surface area contributed by atoms with Crippen molar-refractivity contribution in [1.29, 1.82) is 0 Å². The Labute approximate surface area is 192 Å². The first-order chi connectivity index (χ1) is 15.8. The van der Waals surface area contributed by atoms with E-state index in [0.29, 0.717) is 36.4 Å². The Bertz CT molecular complexity index is 1430. The van der Waals surface area contributed by atoms with Crippen molar-refractivity contribution in [2.24, 2.45) is 7.05 Å². The minimum atomic E-state index is -1.01. The second-order valence-electron chi connectivity index (χ2n) is 8.18. The van der Waals surface area contributed by atoms with Crippen LogP contribution in [0.15, 0.2) is 41.6 Å². The molecule has 1 aliphatic rings. The third-order valence-corrected chi connectivity index (χ3v) is 6.37. The maximum Gasteiger partial charge on any atom is 0.277 e. The molecule has 0 unspecified atom stereocenters. The van der Waals surface area contributed by atoms with Crippen LogP contribution in [0.4, 0.5) is 8.78 Å². The molecule has 0 amide bonds. The zero-order valence-electron chi connectivity index (χ0n) is 17.9. The summed E-state index contributed by atoms with van der Waals surface area (Å²) in [6.07, 6.45) is 6.46. The Morgan fingerprint density at radius 2 is 2.00 bits per heavy atom. The number of rotatable bonds is 3. The molecule has 0 spiro atoms. The van der Waals surface area contributed by atoms with Crippen LogP contribution in [0.5, 0.6) is 0 Å². The minimum Gasteiger partial charge on any atom is -0.373 e. The van der Waals surface area contributed by atoms with Crippen LogP contribution in [0, 0.1) is 18.6 Å². The van der Waals surface area contributed by atoms with Gasteiger partial charge in [0.05, 0.1) is 23.7 Å². The molecule has 7 nitrogen and oxygen atoms in total. The van der Waals surface area contributed by atoms with Gasteiger partial charge in [-0.2, -0.15) is 5.10 Å². The van der Waals surface area contributed by atoms with E-state index < -0.39 is 17.2 Å². The topological polar surface area (TPSA) is 74.3 Å². The first-order valence-corrected chi connectivity index (χ1v) is 10.8. The van der Waals surface area contributed by atoms with Gasteiger partial charge in [0.1, 0.15) is 10.7 Å². The lowest BCUT2D eigenvalue weighted by atomic mass is 9.90. The van der Waals surface area contributed by atoms with Crippen molar-refractivity contribution in [1.82, 2.24) is 24.1 Å². The summed E-state index contributed by atoms with van der Waals surface area (Å²) in [6, 6.07) is 3.51. The summed E-state index contributed by atoms with van der Waals surface area (Å²) in [5.41, 5.74) is 2.31. The summed E-state index contributed by atoms with van der Waals surface area (Å²) in [5, 5.41) is 4.22. The molecule has 4 aromatic rings. The van der Waals surface area contributed by atoms with Gasteiger partial charge >= 0.3 is 0 Å². The van der Waals surface area contributed by atoms with E-state index in [1.165, 1.54) is 10.5 Å². The van der Waals surface area contributed by atoms with Crippen LogP contribution in [0.3, 0.4) is 0 Å². The third kappa shape index (κ3) is 3.91. The molecule has 2 atom stereocenters. The molecule has 0 saturated carbocycles. The fourth-order valence-corrected chi connectivity index (χ4v) is 4.32. The Balaban J connectivity index is 1.66. The molecule has 5 rings (SSSR count). The smallest absolute Gasteiger partial charge is 0.277 e. The highest BCUT2D eigenvalue weighted by atomic mass is 35.5. The molecule has 10 heteroatoms. The van der Waals surface area contributed by atoms with Gasteiger partial charge in [-0.25, -0.2) is 18.7 Å². The number of halogens is 3. The van der Waals surface area contributed by atoms with Gasteiger partial charge in [-0.15, -0.1) is 0 Å². The number of ether oxygens (including phenoxy) is 1. The standard InChI is InChI=1S/C23H20ClF2N5O2/c1-12-20(24)23(32)31-11-18(13-5-6-33-19(8-13)15-9-27-30(2)10-15)29-21(22(31)28-12)14-3-4-16(25)17(26)7-14/h3-4,7,9-11,13,19H,5-6,8H2,1-2H3/t13-,19-/m0/s1. The number of nitrogens with zero attached hydrogens (tertiary/aromatic N) is 5. The normalized spacial score (nSPS) is 18.7. The van der Waals surface area contributed by atoms with Crippen LogP contribution in [0.25, 0.3) is 16.9 Å². The van der Waals surface area contributed by atoms with Crippen LogP contribution < -0.4 is 5.56 Å². The molecular weight excluding hydrogens is 452 g/mol. The van der Waals surface area contributed by atoms with E-state index in [4.69, 9.17) is 21.3 Å². The lowest BCUT2D eigenvalue weighted by Crippen LogP contribution is -2.23. The highest BCUT2D eigenvalue weighted by Crippen LogP contribution is 2.37. The molecule has 1 aromatic carbocycles. The average molecular weight is 472 g/mol. The van der Waals surface area contributed by atoms with Gasteiger partial charge < -0.3 is 4.74 Å². The van der Waals surface area contributed by atoms with Crippen molar-refractivity contribution >= 4 is 17.2 Å². The Kier molecular flexibility index (Phi) is 5.46. The molecule has 33 heavy (non-hydrogen) atoms. The van der Waals surface area contributed by atoms with E-state index in [1.54, 1.807) is 24.0 Å². The van der Waals surface area contributed by atoms with Crippen LogP contribution in [-0.2, 0) is 11.8 Å². The molecule has 0 radical (unpaired) electrons. The van der Waals surface area contributed by atoms with Crippen LogP contribution >= 0.6 is 11.6 Å². The third-order valence-electron chi connectivity index (χ3n) is 5.93. The van der Waals surface area contributed by atoms with Crippen molar-refractivity contribution in [3.05, 3.63) is 80.8 Å². The molecule has 0 aliphatic carbocycles. The summed E-state index contributed by atoms with van der Waals surface area (Å²) in [6.45, 7) is 2.12. The van der Waals surface area contributed by atoms with E-state index >= 15 is 0 Å². The molecule has 0 N–H and O–H groups in total. The Hall–Kier alpha value is -3.17. The SMILES string of the molecule is Cc1nc2c(-c3ccc(F)c(F)c3)nc([C@H]3CCO[C@H](c4cnn(C)c4)C3)cn2c(=O)c1Cl. The second kappa shape index (κ2) is 8.31. The predicted molar refractivity (Wildman–Crippen MR) is 118 cm³/mol. The Morgan fingerprint density at radius 3 is 2.73 bits per heavy atom. The number of aryl methyl sites for hydroxylation is 2. The maximum atomic E-state index is 14.0. The molecule has 1 saturated heterocycles. The van der Waals surface area contributed by atoms with Crippen molar-refractivity contribution in [3.63, 3.8) is 0 Å². The van der Waals surface area contributed by atoms with Crippen molar-refractivity contribution in [2.45, 2.75) is 31.8 Å². The number of hydrogen-bond donors (Lipinski definition) is 0. The fraction of sp³-hybridized carbons (Fsp3) is 0.304. The molecule has 0 bridgehead atoms. The van der Waals surface area contributed by atoms with Gasteiger partial charge in [0.15, 0.2) is 17.3 Å². The molecule has 4 heterocycles. The molecule has 1 aliphatic heterocycles. The Morgan fingerprint density at radius 1 is 1.18 bits per heavy atom. The second-order valence-corrected chi connectivity index (χ2v) is 8.56. The summed E-state index contributed by atoms with van der Waals surface area (Å²) in [5.74, 6) is -2.01. The highest BCUT2D eigenvalue weighted by molar-refractivity contribution is 6.31. The summed E-state index contributed by atoms with van der Waals surface area (Å²) in [4.78, 5) is 22.2. The fourth-order valence-electron chi connectivity index (χ4n) is 4.18. The van der Waals surface area contributed by atoms with Gasteiger partial charge in [-0.3, -0.25) is 13.9 Å². The molecular formula is C23H20ClF2N5O2. The van der Waals surface area contributed by atoms with E-state index in [9.17, 15) is 13.6 Å². The predicted octanol–water partition coefficient (Wildman–Crippen LogP) is 4.37. The molecule has 3 aromatic heterocycles. The first-order valence-electron chi connectivity index (χ1n) is 10.5. The van der Waals surface area contributed by atoms with Gasteiger partial charge in [-0.1, -0.05) is 11.6 Å².